The predicted octanol–water partition coefficient (Wildman–Crippen LogP) is 2.11. The highest BCUT2D eigenvalue weighted by Crippen LogP contribution is 2.27. The van der Waals surface area contributed by atoms with Crippen molar-refractivity contribution in [2.45, 2.75) is 25.3 Å². The Bertz CT molecular complexity index is 955. The number of piperidine rings is 1. The number of fused-ring (bicyclic) bond motifs is 1. The van der Waals surface area contributed by atoms with Crippen LogP contribution >= 0.6 is 0 Å². The summed E-state index contributed by atoms with van der Waals surface area (Å²) in [5, 5.41) is 11.3. The van der Waals surface area contributed by atoms with Gasteiger partial charge in [0, 0.05) is 32.1 Å². The summed E-state index contributed by atoms with van der Waals surface area (Å²) >= 11 is 0. The lowest BCUT2D eigenvalue weighted by Crippen LogP contribution is -2.33. The van der Waals surface area contributed by atoms with Crippen molar-refractivity contribution in [2.75, 3.05) is 13.1 Å². The first-order valence-corrected chi connectivity index (χ1v) is 9.01. The molecule has 0 radical (unpaired) electrons. The quantitative estimate of drug-likeness (QED) is 0.716. The van der Waals surface area contributed by atoms with Gasteiger partial charge in [0.1, 0.15) is 0 Å². The van der Waals surface area contributed by atoms with Gasteiger partial charge in [-0.2, -0.15) is 5.10 Å². The Morgan fingerprint density at radius 3 is 2.67 bits per heavy atom. The number of rotatable bonds is 3. The highest BCUT2D eigenvalue weighted by Gasteiger charge is 2.21. The van der Waals surface area contributed by atoms with Crippen LogP contribution < -0.4 is 5.56 Å². The Morgan fingerprint density at radius 1 is 1.22 bits per heavy atom. The molecule has 0 aromatic carbocycles. The fourth-order valence-electron chi connectivity index (χ4n) is 3.60. The lowest BCUT2D eigenvalue weighted by Gasteiger charge is -2.32. The van der Waals surface area contributed by atoms with E-state index in [0.717, 1.165) is 38.0 Å². The summed E-state index contributed by atoms with van der Waals surface area (Å²) in [5.41, 5.74) is 3.64. The second-order valence-corrected chi connectivity index (χ2v) is 6.75. The lowest BCUT2D eigenvalue weighted by atomic mass is 9.90. The van der Waals surface area contributed by atoms with E-state index in [1.165, 1.54) is 11.3 Å². The van der Waals surface area contributed by atoms with Gasteiger partial charge in [-0.25, -0.2) is 4.52 Å². The summed E-state index contributed by atoms with van der Waals surface area (Å²) in [4.78, 5) is 22.7. The molecule has 0 amide bonds. The zero-order valence-electron chi connectivity index (χ0n) is 15.4. The van der Waals surface area contributed by atoms with Gasteiger partial charge in [-0.05, 0) is 61.7 Å². The van der Waals surface area contributed by atoms with Crippen LogP contribution in [0.2, 0.25) is 0 Å². The zero-order chi connectivity index (χ0) is 19.2. The third kappa shape index (κ3) is 4.43. The molecule has 0 spiro atoms. The van der Waals surface area contributed by atoms with Crippen LogP contribution in [0.4, 0.5) is 0 Å². The summed E-state index contributed by atoms with van der Waals surface area (Å²) in [6, 6.07) is 12.2. The highest BCUT2D eigenvalue weighted by atomic mass is 16.3. The molecular formula is C20H24N4O3. The predicted molar refractivity (Wildman–Crippen MR) is 103 cm³/mol. The zero-order valence-corrected chi connectivity index (χ0v) is 15.4. The number of carbonyl (C=O) groups is 1. The summed E-state index contributed by atoms with van der Waals surface area (Å²) in [6.07, 6.45) is 5.92. The van der Waals surface area contributed by atoms with E-state index in [9.17, 15) is 4.79 Å². The fraction of sp³-hybridized carbons (Fsp3) is 0.350. The maximum Gasteiger partial charge on any atom is 0.290 e. The van der Waals surface area contributed by atoms with E-state index >= 15 is 0 Å². The minimum atomic E-state index is -0.250. The van der Waals surface area contributed by atoms with Gasteiger partial charge in [-0.1, -0.05) is 6.07 Å². The van der Waals surface area contributed by atoms with Crippen LogP contribution in [0, 0.1) is 0 Å². The van der Waals surface area contributed by atoms with Gasteiger partial charge in [0.15, 0.2) is 0 Å². The number of pyridine rings is 2. The Morgan fingerprint density at radius 2 is 1.96 bits per heavy atom. The molecule has 1 aliphatic heterocycles. The number of hydrogen-bond acceptors (Lipinski definition) is 4. The van der Waals surface area contributed by atoms with Crippen molar-refractivity contribution in [3.63, 3.8) is 0 Å². The average molecular weight is 368 g/mol. The molecule has 4 rings (SSSR count). The van der Waals surface area contributed by atoms with Crippen molar-refractivity contribution in [3.05, 3.63) is 70.4 Å². The van der Waals surface area contributed by atoms with Gasteiger partial charge >= 0.3 is 0 Å². The number of hydrogen-bond donors (Lipinski definition) is 1. The number of aryl methyl sites for hydroxylation is 1. The van der Waals surface area contributed by atoms with Crippen molar-refractivity contribution in [3.8, 4) is 0 Å². The molecule has 0 atom stereocenters. The van der Waals surface area contributed by atoms with Crippen molar-refractivity contribution < 1.29 is 9.90 Å². The number of likely N-dealkylation sites (tertiary alicyclic amines) is 1. The number of nitrogens with zero attached hydrogens (tertiary/aromatic N) is 4. The standard InChI is InChI=1S/C19H22N4O.CH2O2/c1-21-10-6-16(13-19(21)24)15-7-11-22(12-8-15)14-18-4-2-3-17-5-9-20-23(17)18;2-1-3/h2-6,9-10,13,15H,7-8,11-12,14H2,1H3;1H,(H,2,3). The van der Waals surface area contributed by atoms with Crippen molar-refractivity contribution in [2.24, 2.45) is 7.05 Å². The van der Waals surface area contributed by atoms with Crippen molar-refractivity contribution in [1.82, 2.24) is 19.1 Å². The molecule has 7 nitrogen and oxygen atoms in total. The Hall–Kier alpha value is -2.93. The van der Waals surface area contributed by atoms with Crippen LogP contribution in [0.1, 0.15) is 30.0 Å². The van der Waals surface area contributed by atoms with Crippen LogP contribution in [0.15, 0.2) is 53.6 Å². The molecule has 1 aliphatic rings. The minimum absolute atomic E-state index is 0.0836. The highest BCUT2D eigenvalue weighted by molar-refractivity contribution is 5.46. The van der Waals surface area contributed by atoms with Crippen LogP contribution in [-0.4, -0.2) is 43.7 Å². The molecule has 1 N–H and O–H groups in total. The minimum Gasteiger partial charge on any atom is -0.483 e. The van der Waals surface area contributed by atoms with Gasteiger partial charge in [0.05, 0.1) is 11.2 Å². The second-order valence-electron chi connectivity index (χ2n) is 6.75. The van der Waals surface area contributed by atoms with Crippen LogP contribution in [-0.2, 0) is 18.4 Å². The Kier molecular flexibility index (Phi) is 6.03. The van der Waals surface area contributed by atoms with Crippen molar-refractivity contribution in [1.29, 1.82) is 0 Å². The van der Waals surface area contributed by atoms with Gasteiger partial charge < -0.3 is 9.67 Å². The van der Waals surface area contributed by atoms with E-state index in [2.05, 4.69) is 34.3 Å². The van der Waals surface area contributed by atoms with Gasteiger partial charge in [0.25, 0.3) is 12.0 Å². The van der Waals surface area contributed by atoms with Crippen LogP contribution in [0.5, 0.6) is 0 Å². The van der Waals surface area contributed by atoms with Crippen LogP contribution in [0.25, 0.3) is 5.52 Å². The largest absolute Gasteiger partial charge is 0.483 e. The van der Waals surface area contributed by atoms with Gasteiger partial charge in [-0.3, -0.25) is 14.5 Å². The van der Waals surface area contributed by atoms with Crippen molar-refractivity contribution >= 4 is 12.0 Å². The van der Waals surface area contributed by atoms with E-state index in [0.29, 0.717) is 5.92 Å². The molecule has 0 saturated carbocycles. The first-order chi connectivity index (χ1) is 13.1. The maximum absolute atomic E-state index is 11.8. The smallest absolute Gasteiger partial charge is 0.290 e. The molecule has 1 fully saturated rings. The van der Waals surface area contributed by atoms with Gasteiger partial charge in [-0.15, -0.1) is 0 Å². The normalized spacial score (nSPS) is 15.3. The first-order valence-electron chi connectivity index (χ1n) is 9.01. The summed E-state index contributed by atoms with van der Waals surface area (Å²) in [7, 11) is 1.80. The summed E-state index contributed by atoms with van der Waals surface area (Å²) < 4.78 is 3.65. The maximum atomic E-state index is 11.8. The van der Waals surface area contributed by atoms with E-state index in [1.807, 2.05) is 23.0 Å². The molecule has 0 aliphatic carbocycles. The third-order valence-electron chi connectivity index (χ3n) is 5.07. The topological polar surface area (TPSA) is 79.8 Å². The van der Waals surface area contributed by atoms with Crippen LogP contribution in [0.3, 0.4) is 0 Å². The molecule has 7 heteroatoms. The molecular weight excluding hydrogens is 344 g/mol. The Balaban J connectivity index is 0.000000659. The van der Waals surface area contributed by atoms with E-state index in [4.69, 9.17) is 9.90 Å². The van der Waals surface area contributed by atoms with E-state index in [1.54, 1.807) is 17.7 Å². The molecule has 1 saturated heterocycles. The first kappa shape index (κ1) is 18.8. The SMILES string of the molecule is Cn1ccc(C2CCN(Cc3cccc4ccnn34)CC2)cc1=O.O=CO. The van der Waals surface area contributed by atoms with Gasteiger partial charge in [0.2, 0.25) is 0 Å². The summed E-state index contributed by atoms with van der Waals surface area (Å²) in [5.74, 6) is 0.496. The second kappa shape index (κ2) is 8.64. The molecule has 3 aromatic rings. The molecule has 142 valence electrons. The van der Waals surface area contributed by atoms with E-state index < -0.39 is 0 Å². The Labute approximate surface area is 157 Å². The molecule has 27 heavy (non-hydrogen) atoms. The number of aromatic nitrogens is 3. The molecule has 3 aromatic heterocycles. The fourth-order valence-corrected chi connectivity index (χ4v) is 3.60. The summed E-state index contributed by atoms with van der Waals surface area (Å²) in [6.45, 7) is 2.78. The number of carboxylic acid groups (broad SMARTS) is 1. The molecule has 0 bridgehead atoms. The molecule has 0 unspecified atom stereocenters. The monoisotopic (exact) mass is 368 g/mol. The molecule has 4 heterocycles. The average Bonchev–Trinajstić information content (AvgIpc) is 3.15. The van der Waals surface area contributed by atoms with E-state index in [-0.39, 0.29) is 12.0 Å². The lowest BCUT2D eigenvalue weighted by molar-refractivity contribution is -0.122. The third-order valence-corrected chi connectivity index (χ3v) is 5.07.